The molecule has 1 aromatic carbocycles. The minimum Gasteiger partial charge on any atom is -0.497 e. The highest BCUT2D eigenvalue weighted by Crippen LogP contribution is 2.27. The molecule has 2 heterocycles. The lowest BCUT2D eigenvalue weighted by molar-refractivity contribution is 0.411. The fourth-order valence-electron chi connectivity index (χ4n) is 2.24. The van der Waals surface area contributed by atoms with Crippen molar-refractivity contribution in [3.8, 4) is 17.0 Å². The third kappa shape index (κ3) is 1.76. The quantitative estimate of drug-likeness (QED) is 0.879. The number of benzene rings is 1. The number of nitrogens with one attached hydrogen (secondary N) is 1. The van der Waals surface area contributed by atoms with Crippen molar-refractivity contribution in [3.63, 3.8) is 0 Å². The Balaban J connectivity index is 2.07. The van der Waals surface area contributed by atoms with Gasteiger partial charge in [-0.05, 0) is 12.1 Å². The molecular formula is C13H14FN3O. The van der Waals surface area contributed by atoms with Gasteiger partial charge in [-0.25, -0.2) is 9.37 Å². The van der Waals surface area contributed by atoms with E-state index in [1.807, 2.05) is 0 Å². The summed E-state index contributed by atoms with van der Waals surface area (Å²) in [7, 11) is 1.53. The van der Waals surface area contributed by atoms with Crippen LogP contribution < -0.4 is 10.1 Å². The number of hydrogen-bond donors (Lipinski definition) is 1. The first-order valence-electron chi connectivity index (χ1n) is 5.88. The van der Waals surface area contributed by atoms with Crippen molar-refractivity contribution < 1.29 is 9.13 Å². The number of rotatable bonds is 2. The second kappa shape index (κ2) is 4.42. The molecular weight excluding hydrogens is 233 g/mol. The average molecular weight is 247 g/mol. The number of halogens is 1. The maximum absolute atomic E-state index is 14.0. The van der Waals surface area contributed by atoms with Crippen molar-refractivity contribution in [1.82, 2.24) is 14.9 Å². The first kappa shape index (κ1) is 11.2. The lowest BCUT2D eigenvalue weighted by Gasteiger charge is -2.18. The first-order valence-corrected chi connectivity index (χ1v) is 5.88. The Morgan fingerprint density at radius 2 is 2.33 bits per heavy atom. The molecule has 0 saturated carbocycles. The zero-order chi connectivity index (χ0) is 12.5. The third-order valence-electron chi connectivity index (χ3n) is 3.19. The number of ether oxygens (including phenoxy) is 1. The van der Waals surface area contributed by atoms with Gasteiger partial charge in [0.25, 0.3) is 0 Å². The molecule has 1 aliphatic heterocycles. The molecule has 0 aliphatic carbocycles. The SMILES string of the molecule is COc1ccc(-c2cnc3n2CCNC3)c(F)c1. The largest absolute Gasteiger partial charge is 0.497 e. The Hall–Kier alpha value is -1.88. The fourth-order valence-corrected chi connectivity index (χ4v) is 2.24. The summed E-state index contributed by atoms with van der Waals surface area (Å²) in [5, 5.41) is 3.24. The van der Waals surface area contributed by atoms with E-state index in [0.717, 1.165) is 31.2 Å². The van der Waals surface area contributed by atoms with E-state index >= 15 is 0 Å². The lowest BCUT2D eigenvalue weighted by Crippen LogP contribution is -2.28. The number of hydrogen-bond acceptors (Lipinski definition) is 3. The summed E-state index contributed by atoms with van der Waals surface area (Å²) in [5.41, 5.74) is 1.39. The fraction of sp³-hybridized carbons (Fsp3) is 0.308. The standard InChI is InChI=1S/C13H14FN3O/c1-18-9-2-3-10(11(14)6-9)12-7-16-13-8-15-4-5-17(12)13/h2-3,6-7,15H,4-5,8H2,1H3. The number of fused-ring (bicyclic) bond motifs is 1. The van der Waals surface area contributed by atoms with Crippen LogP contribution in [-0.4, -0.2) is 23.2 Å². The van der Waals surface area contributed by atoms with Gasteiger partial charge in [-0.2, -0.15) is 0 Å². The van der Waals surface area contributed by atoms with E-state index in [1.165, 1.54) is 13.2 Å². The van der Waals surface area contributed by atoms with E-state index in [9.17, 15) is 4.39 Å². The number of nitrogens with zero attached hydrogens (tertiary/aromatic N) is 2. The second-order valence-corrected chi connectivity index (χ2v) is 4.23. The van der Waals surface area contributed by atoms with Crippen molar-refractivity contribution in [2.45, 2.75) is 13.1 Å². The van der Waals surface area contributed by atoms with Gasteiger partial charge in [-0.15, -0.1) is 0 Å². The summed E-state index contributed by atoms with van der Waals surface area (Å²) in [6.45, 7) is 2.43. The molecule has 1 N–H and O–H groups in total. The highest BCUT2D eigenvalue weighted by atomic mass is 19.1. The molecule has 1 aromatic heterocycles. The summed E-state index contributed by atoms with van der Waals surface area (Å²) < 4.78 is 21.1. The van der Waals surface area contributed by atoms with E-state index in [4.69, 9.17) is 4.74 Å². The van der Waals surface area contributed by atoms with Crippen LogP contribution in [0.15, 0.2) is 24.4 Å². The topological polar surface area (TPSA) is 39.1 Å². The van der Waals surface area contributed by atoms with Crippen molar-refractivity contribution in [1.29, 1.82) is 0 Å². The smallest absolute Gasteiger partial charge is 0.136 e. The van der Waals surface area contributed by atoms with E-state index in [0.29, 0.717) is 11.3 Å². The highest BCUT2D eigenvalue weighted by Gasteiger charge is 2.17. The Kier molecular flexibility index (Phi) is 2.76. The van der Waals surface area contributed by atoms with Crippen LogP contribution in [0.3, 0.4) is 0 Å². The Labute approximate surface area is 104 Å². The summed E-state index contributed by atoms with van der Waals surface area (Å²) in [6.07, 6.45) is 1.73. The van der Waals surface area contributed by atoms with Gasteiger partial charge in [-0.1, -0.05) is 0 Å². The van der Waals surface area contributed by atoms with Crippen molar-refractivity contribution in [3.05, 3.63) is 36.0 Å². The zero-order valence-corrected chi connectivity index (χ0v) is 10.1. The molecule has 0 unspecified atom stereocenters. The lowest BCUT2D eigenvalue weighted by atomic mass is 10.1. The van der Waals surface area contributed by atoms with Crippen LogP contribution in [-0.2, 0) is 13.1 Å². The Bertz CT molecular complexity index is 580. The number of methoxy groups -OCH3 is 1. The highest BCUT2D eigenvalue weighted by molar-refractivity contribution is 5.61. The molecule has 4 nitrogen and oxygen atoms in total. The van der Waals surface area contributed by atoms with Gasteiger partial charge < -0.3 is 14.6 Å². The summed E-state index contributed by atoms with van der Waals surface area (Å²) in [4.78, 5) is 4.32. The zero-order valence-electron chi connectivity index (χ0n) is 10.1. The molecule has 94 valence electrons. The molecule has 18 heavy (non-hydrogen) atoms. The van der Waals surface area contributed by atoms with Gasteiger partial charge in [0, 0.05) is 24.7 Å². The predicted molar refractivity (Wildman–Crippen MR) is 65.9 cm³/mol. The van der Waals surface area contributed by atoms with Crippen LogP contribution >= 0.6 is 0 Å². The molecule has 5 heteroatoms. The van der Waals surface area contributed by atoms with Crippen LogP contribution in [0, 0.1) is 5.82 Å². The third-order valence-corrected chi connectivity index (χ3v) is 3.19. The van der Waals surface area contributed by atoms with Crippen LogP contribution in [0.4, 0.5) is 4.39 Å². The predicted octanol–water partition coefficient (Wildman–Crippen LogP) is 1.80. The normalized spacial score (nSPS) is 14.3. The molecule has 0 spiro atoms. The molecule has 2 aromatic rings. The Morgan fingerprint density at radius 1 is 1.44 bits per heavy atom. The van der Waals surface area contributed by atoms with Crippen molar-refractivity contribution in [2.24, 2.45) is 0 Å². The van der Waals surface area contributed by atoms with Crippen molar-refractivity contribution in [2.75, 3.05) is 13.7 Å². The maximum atomic E-state index is 14.0. The molecule has 0 saturated heterocycles. The summed E-state index contributed by atoms with van der Waals surface area (Å²) >= 11 is 0. The molecule has 0 atom stereocenters. The maximum Gasteiger partial charge on any atom is 0.136 e. The molecule has 0 fully saturated rings. The van der Waals surface area contributed by atoms with Crippen LogP contribution in [0.25, 0.3) is 11.3 Å². The van der Waals surface area contributed by atoms with Gasteiger partial charge in [0.15, 0.2) is 0 Å². The first-order chi connectivity index (χ1) is 8.79. The minimum atomic E-state index is -0.282. The van der Waals surface area contributed by atoms with E-state index in [1.54, 1.807) is 18.3 Å². The average Bonchev–Trinajstić information content (AvgIpc) is 2.82. The van der Waals surface area contributed by atoms with E-state index in [2.05, 4.69) is 14.9 Å². The van der Waals surface area contributed by atoms with Crippen LogP contribution in [0.5, 0.6) is 5.75 Å². The minimum absolute atomic E-state index is 0.282. The summed E-state index contributed by atoms with van der Waals surface area (Å²) in [5.74, 6) is 1.19. The molecule has 0 amide bonds. The van der Waals surface area contributed by atoms with Gasteiger partial charge in [0.1, 0.15) is 17.4 Å². The molecule has 3 rings (SSSR count). The monoisotopic (exact) mass is 247 g/mol. The van der Waals surface area contributed by atoms with Gasteiger partial charge >= 0.3 is 0 Å². The van der Waals surface area contributed by atoms with Gasteiger partial charge in [0.05, 0.1) is 25.5 Å². The molecule has 0 radical (unpaired) electrons. The van der Waals surface area contributed by atoms with E-state index < -0.39 is 0 Å². The number of aromatic nitrogens is 2. The van der Waals surface area contributed by atoms with Crippen molar-refractivity contribution >= 4 is 0 Å². The molecule has 0 bridgehead atoms. The van der Waals surface area contributed by atoms with Gasteiger partial charge in [-0.3, -0.25) is 0 Å². The van der Waals surface area contributed by atoms with Crippen LogP contribution in [0.2, 0.25) is 0 Å². The number of imidazole rings is 1. The van der Waals surface area contributed by atoms with Crippen LogP contribution in [0.1, 0.15) is 5.82 Å². The summed E-state index contributed by atoms with van der Waals surface area (Å²) in [6, 6.07) is 4.90. The second-order valence-electron chi connectivity index (χ2n) is 4.23. The van der Waals surface area contributed by atoms with Gasteiger partial charge in [0.2, 0.25) is 0 Å². The Morgan fingerprint density at radius 3 is 3.11 bits per heavy atom. The van der Waals surface area contributed by atoms with E-state index in [-0.39, 0.29) is 5.82 Å². The molecule has 1 aliphatic rings.